The van der Waals surface area contributed by atoms with E-state index in [1.54, 1.807) is 0 Å². The van der Waals surface area contributed by atoms with E-state index in [0.29, 0.717) is 0 Å². The highest BCUT2D eigenvalue weighted by Crippen LogP contribution is 2.42. The first kappa shape index (κ1) is 15.7. The molecule has 0 saturated carbocycles. The Morgan fingerprint density at radius 1 is 0.875 bits per heavy atom. The third kappa shape index (κ3) is 3.07. The number of halogens is 2. The second kappa shape index (κ2) is 6.60. The fourth-order valence-electron chi connectivity index (χ4n) is 2.95. The predicted molar refractivity (Wildman–Crippen MR) is 101 cm³/mol. The summed E-state index contributed by atoms with van der Waals surface area (Å²) in [5.41, 5.74) is 4.39. The van der Waals surface area contributed by atoms with Crippen LogP contribution in [0.2, 0.25) is 5.02 Å². The van der Waals surface area contributed by atoms with Crippen molar-refractivity contribution in [1.82, 2.24) is 0 Å². The normalized spacial score (nSPS) is 19.4. The Morgan fingerprint density at radius 2 is 1.62 bits per heavy atom. The molecule has 24 heavy (non-hydrogen) atoms. The SMILES string of the molecule is Clc1ccc([C@H]2Nc3ccc(Br)cc3[C@H](c3ccccc3)O2)cc1. The van der Waals surface area contributed by atoms with Crippen LogP contribution in [0.3, 0.4) is 0 Å². The van der Waals surface area contributed by atoms with Crippen LogP contribution in [0.1, 0.15) is 29.0 Å². The van der Waals surface area contributed by atoms with Gasteiger partial charge in [0.25, 0.3) is 0 Å². The number of rotatable bonds is 2. The Morgan fingerprint density at radius 3 is 2.38 bits per heavy atom. The van der Waals surface area contributed by atoms with Crippen molar-refractivity contribution in [2.45, 2.75) is 12.3 Å². The van der Waals surface area contributed by atoms with Gasteiger partial charge in [-0.3, -0.25) is 0 Å². The van der Waals surface area contributed by atoms with Gasteiger partial charge in [-0.25, -0.2) is 0 Å². The smallest absolute Gasteiger partial charge is 0.155 e. The molecule has 3 aromatic carbocycles. The molecule has 4 rings (SSSR count). The number of hydrogen-bond acceptors (Lipinski definition) is 2. The first-order valence-corrected chi connectivity index (χ1v) is 8.90. The monoisotopic (exact) mass is 399 g/mol. The molecule has 120 valence electrons. The molecule has 1 aliphatic heterocycles. The minimum absolute atomic E-state index is 0.124. The molecule has 1 N–H and O–H groups in total. The van der Waals surface area contributed by atoms with Crippen molar-refractivity contribution in [3.8, 4) is 0 Å². The Labute approximate surface area is 154 Å². The molecule has 2 atom stereocenters. The molecule has 0 fully saturated rings. The molecule has 0 bridgehead atoms. The zero-order chi connectivity index (χ0) is 16.5. The summed E-state index contributed by atoms with van der Waals surface area (Å²) in [5.74, 6) is 0. The third-order valence-electron chi connectivity index (χ3n) is 4.13. The van der Waals surface area contributed by atoms with Crippen molar-refractivity contribution >= 4 is 33.2 Å². The molecule has 1 heterocycles. The zero-order valence-electron chi connectivity index (χ0n) is 12.7. The van der Waals surface area contributed by atoms with Crippen molar-refractivity contribution in [1.29, 1.82) is 0 Å². The maximum absolute atomic E-state index is 6.40. The molecule has 1 aliphatic rings. The van der Waals surface area contributed by atoms with E-state index in [1.807, 2.05) is 48.5 Å². The van der Waals surface area contributed by atoms with Crippen LogP contribution in [-0.2, 0) is 4.74 Å². The fourth-order valence-corrected chi connectivity index (χ4v) is 3.46. The molecule has 3 aromatic rings. The number of anilines is 1. The van der Waals surface area contributed by atoms with E-state index in [0.717, 1.165) is 31.9 Å². The minimum Gasteiger partial charge on any atom is -0.356 e. The topological polar surface area (TPSA) is 21.3 Å². The van der Waals surface area contributed by atoms with Crippen LogP contribution in [0.5, 0.6) is 0 Å². The van der Waals surface area contributed by atoms with Crippen LogP contribution in [0.25, 0.3) is 0 Å². The highest BCUT2D eigenvalue weighted by Gasteiger charge is 2.29. The Bertz CT molecular complexity index is 851. The summed E-state index contributed by atoms with van der Waals surface area (Å²) >= 11 is 9.57. The van der Waals surface area contributed by atoms with Crippen molar-refractivity contribution in [2.75, 3.05) is 5.32 Å². The number of hydrogen-bond donors (Lipinski definition) is 1. The van der Waals surface area contributed by atoms with Gasteiger partial charge in [0.05, 0.1) is 0 Å². The first-order valence-electron chi connectivity index (χ1n) is 7.72. The number of nitrogens with one attached hydrogen (secondary N) is 1. The summed E-state index contributed by atoms with van der Waals surface area (Å²) < 4.78 is 7.44. The van der Waals surface area contributed by atoms with Gasteiger partial charge in [-0.15, -0.1) is 0 Å². The van der Waals surface area contributed by atoms with Gasteiger partial charge >= 0.3 is 0 Å². The lowest BCUT2D eigenvalue weighted by Gasteiger charge is -2.34. The maximum Gasteiger partial charge on any atom is 0.155 e. The summed E-state index contributed by atoms with van der Waals surface area (Å²) in [4.78, 5) is 0. The van der Waals surface area contributed by atoms with E-state index in [4.69, 9.17) is 16.3 Å². The van der Waals surface area contributed by atoms with E-state index in [1.165, 1.54) is 0 Å². The lowest BCUT2D eigenvalue weighted by Crippen LogP contribution is -2.25. The van der Waals surface area contributed by atoms with E-state index >= 15 is 0 Å². The lowest BCUT2D eigenvalue weighted by molar-refractivity contribution is 0.0157. The van der Waals surface area contributed by atoms with Gasteiger partial charge in [0.1, 0.15) is 6.10 Å². The van der Waals surface area contributed by atoms with E-state index in [2.05, 4.69) is 45.5 Å². The summed E-state index contributed by atoms with van der Waals surface area (Å²) in [6.07, 6.45) is -0.346. The van der Waals surface area contributed by atoms with Gasteiger partial charge in [0.15, 0.2) is 6.23 Å². The van der Waals surface area contributed by atoms with Gasteiger partial charge in [-0.05, 0) is 35.9 Å². The maximum atomic E-state index is 6.40. The Balaban J connectivity index is 1.77. The van der Waals surface area contributed by atoms with E-state index in [9.17, 15) is 0 Å². The molecular weight excluding hydrogens is 386 g/mol. The third-order valence-corrected chi connectivity index (χ3v) is 4.88. The summed E-state index contributed by atoms with van der Waals surface area (Å²) in [7, 11) is 0. The van der Waals surface area contributed by atoms with Crippen molar-refractivity contribution in [2.24, 2.45) is 0 Å². The molecule has 0 spiro atoms. The van der Waals surface area contributed by atoms with Gasteiger partial charge in [0, 0.05) is 26.3 Å². The van der Waals surface area contributed by atoms with Gasteiger partial charge in [0.2, 0.25) is 0 Å². The van der Waals surface area contributed by atoms with Crippen molar-refractivity contribution in [3.63, 3.8) is 0 Å². The predicted octanol–water partition coefficient (Wildman–Crippen LogP) is 6.33. The van der Waals surface area contributed by atoms with Crippen LogP contribution in [0, 0.1) is 0 Å². The first-order chi connectivity index (χ1) is 11.7. The van der Waals surface area contributed by atoms with Gasteiger partial charge in [-0.2, -0.15) is 0 Å². The van der Waals surface area contributed by atoms with Gasteiger partial charge < -0.3 is 10.1 Å². The van der Waals surface area contributed by atoms with E-state index in [-0.39, 0.29) is 12.3 Å². The van der Waals surface area contributed by atoms with Crippen LogP contribution in [-0.4, -0.2) is 0 Å². The molecule has 2 nitrogen and oxygen atoms in total. The number of benzene rings is 3. The number of ether oxygens (including phenoxy) is 1. The van der Waals surface area contributed by atoms with Crippen LogP contribution in [0.15, 0.2) is 77.3 Å². The largest absolute Gasteiger partial charge is 0.356 e. The second-order valence-corrected chi connectivity index (χ2v) is 7.09. The lowest BCUT2D eigenvalue weighted by atomic mass is 9.97. The zero-order valence-corrected chi connectivity index (χ0v) is 15.1. The van der Waals surface area contributed by atoms with Gasteiger partial charge in [-0.1, -0.05) is 70.0 Å². The highest BCUT2D eigenvalue weighted by atomic mass is 79.9. The summed E-state index contributed by atoms with van der Waals surface area (Å²) in [6, 6.07) is 24.3. The average Bonchev–Trinajstić information content (AvgIpc) is 2.62. The molecule has 4 heteroatoms. The molecule has 0 saturated heterocycles. The second-order valence-electron chi connectivity index (χ2n) is 5.73. The van der Waals surface area contributed by atoms with Crippen LogP contribution >= 0.6 is 27.5 Å². The Kier molecular flexibility index (Phi) is 4.31. The minimum atomic E-state index is -0.221. The van der Waals surface area contributed by atoms with Crippen molar-refractivity contribution < 1.29 is 4.74 Å². The highest BCUT2D eigenvalue weighted by molar-refractivity contribution is 9.10. The van der Waals surface area contributed by atoms with Crippen LogP contribution in [0.4, 0.5) is 5.69 Å². The molecule has 0 amide bonds. The summed E-state index contributed by atoms with van der Waals surface area (Å²) in [5, 5.41) is 4.19. The molecular formula is C20H15BrClNO. The number of fused-ring (bicyclic) bond motifs is 1. The molecule has 0 unspecified atom stereocenters. The molecule has 0 aromatic heterocycles. The standard InChI is InChI=1S/C20H15BrClNO/c21-15-8-11-18-17(12-15)19(13-4-2-1-3-5-13)24-20(23-18)14-6-9-16(22)10-7-14/h1-12,19-20,23H/t19-,20-/m0/s1. The molecule has 0 radical (unpaired) electrons. The summed E-state index contributed by atoms with van der Waals surface area (Å²) in [6.45, 7) is 0. The average molecular weight is 401 g/mol. The Hall–Kier alpha value is -1.81. The fraction of sp³-hybridized carbons (Fsp3) is 0.100. The quantitative estimate of drug-likeness (QED) is 0.542. The van der Waals surface area contributed by atoms with Crippen LogP contribution < -0.4 is 5.32 Å². The van der Waals surface area contributed by atoms with Crippen molar-refractivity contribution in [3.05, 3.63) is 99.0 Å². The molecule has 0 aliphatic carbocycles. The van der Waals surface area contributed by atoms with E-state index < -0.39 is 0 Å².